The van der Waals surface area contributed by atoms with E-state index < -0.39 is 0 Å². The molecule has 1 fully saturated rings. The number of anilines is 1. The van der Waals surface area contributed by atoms with Crippen molar-refractivity contribution in [3.05, 3.63) is 24.3 Å². The van der Waals surface area contributed by atoms with Crippen molar-refractivity contribution >= 4 is 56.6 Å². The van der Waals surface area contributed by atoms with Gasteiger partial charge in [-0.3, -0.25) is 4.99 Å². The van der Waals surface area contributed by atoms with E-state index in [-0.39, 0.29) is 24.0 Å². The Morgan fingerprint density at radius 2 is 2.07 bits per heavy atom. The number of hydrogen-bond acceptors (Lipinski definition) is 5. The van der Waals surface area contributed by atoms with Crippen molar-refractivity contribution in [2.75, 3.05) is 45.2 Å². The number of nitrogens with one attached hydrogen (secondary N) is 3. The fourth-order valence-electron chi connectivity index (χ4n) is 3.37. The summed E-state index contributed by atoms with van der Waals surface area (Å²) in [6, 6.07) is 8.22. The number of para-hydroxylation sites is 1. The molecule has 0 spiro atoms. The molecule has 8 heteroatoms. The fourth-order valence-corrected chi connectivity index (χ4v) is 4.26. The molecule has 0 aliphatic heterocycles. The summed E-state index contributed by atoms with van der Waals surface area (Å²) in [6.07, 6.45) is 4.94. The average Bonchev–Trinajstić information content (AvgIpc) is 3.06. The molecule has 1 aromatic carbocycles. The first-order chi connectivity index (χ1) is 13.2. The maximum Gasteiger partial charge on any atom is 0.191 e. The molecule has 1 aliphatic rings. The molecule has 1 saturated carbocycles. The van der Waals surface area contributed by atoms with E-state index in [1.165, 1.54) is 24.0 Å². The number of guanidine groups is 1. The van der Waals surface area contributed by atoms with E-state index in [1.807, 2.05) is 18.2 Å². The molecule has 0 bridgehead atoms. The Kier molecular flexibility index (Phi) is 9.73. The van der Waals surface area contributed by atoms with E-state index in [2.05, 4.69) is 33.9 Å². The lowest BCUT2D eigenvalue weighted by molar-refractivity contribution is 0.0778. The lowest BCUT2D eigenvalue weighted by Crippen LogP contribution is -2.41. The predicted molar refractivity (Wildman–Crippen MR) is 130 cm³/mol. The third-order valence-corrected chi connectivity index (χ3v) is 6.15. The summed E-state index contributed by atoms with van der Waals surface area (Å²) in [7, 11) is 1.78. The molecule has 156 valence electrons. The van der Waals surface area contributed by atoms with E-state index in [0.717, 1.165) is 55.8 Å². The van der Waals surface area contributed by atoms with Crippen molar-refractivity contribution < 1.29 is 4.74 Å². The monoisotopic (exact) mass is 517 g/mol. The Morgan fingerprint density at radius 1 is 1.25 bits per heavy atom. The van der Waals surface area contributed by atoms with Gasteiger partial charge in [0.1, 0.15) is 0 Å². The van der Waals surface area contributed by atoms with Crippen LogP contribution in [-0.2, 0) is 4.74 Å². The molecule has 2 aromatic rings. The van der Waals surface area contributed by atoms with Gasteiger partial charge in [0.05, 0.1) is 10.2 Å². The third kappa shape index (κ3) is 6.45. The number of methoxy groups -OCH3 is 1. The molecule has 3 N–H and O–H groups in total. The van der Waals surface area contributed by atoms with Crippen LogP contribution < -0.4 is 16.0 Å². The Morgan fingerprint density at radius 3 is 2.75 bits per heavy atom. The van der Waals surface area contributed by atoms with Crippen molar-refractivity contribution in [3.8, 4) is 0 Å². The first kappa shape index (κ1) is 23.2. The van der Waals surface area contributed by atoms with E-state index in [0.29, 0.717) is 5.41 Å². The number of thiazole rings is 1. The number of aromatic nitrogens is 1. The van der Waals surface area contributed by atoms with Crippen LogP contribution in [0.4, 0.5) is 5.13 Å². The zero-order chi connectivity index (χ0) is 19.0. The molecule has 0 amide bonds. The van der Waals surface area contributed by atoms with E-state index >= 15 is 0 Å². The lowest BCUT2D eigenvalue weighted by atomic mass is 9.67. The van der Waals surface area contributed by atoms with Crippen LogP contribution in [0.2, 0.25) is 0 Å². The van der Waals surface area contributed by atoms with Gasteiger partial charge in [-0.2, -0.15) is 0 Å². The quantitative estimate of drug-likeness (QED) is 0.192. The molecule has 1 aromatic heterocycles. The molecule has 0 radical (unpaired) electrons. The van der Waals surface area contributed by atoms with Gasteiger partial charge in [0.2, 0.25) is 0 Å². The number of fused-ring (bicyclic) bond motifs is 1. The molecule has 0 atom stereocenters. The highest BCUT2D eigenvalue weighted by molar-refractivity contribution is 14.0. The van der Waals surface area contributed by atoms with Gasteiger partial charge >= 0.3 is 0 Å². The molecule has 0 unspecified atom stereocenters. The summed E-state index contributed by atoms with van der Waals surface area (Å²) in [5, 5.41) is 11.1. The van der Waals surface area contributed by atoms with E-state index in [9.17, 15) is 0 Å². The molecule has 3 rings (SSSR count). The second kappa shape index (κ2) is 11.8. The smallest absolute Gasteiger partial charge is 0.191 e. The summed E-state index contributed by atoms with van der Waals surface area (Å²) in [6.45, 7) is 6.26. The topological polar surface area (TPSA) is 70.6 Å². The van der Waals surface area contributed by atoms with Crippen LogP contribution in [0, 0.1) is 5.41 Å². The Bertz CT molecular complexity index is 714. The van der Waals surface area contributed by atoms with Crippen molar-refractivity contribution in [2.45, 2.75) is 32.6 Å². The van der Waals surface area contributed by atoms with Crippen LogP contribution >= 0.6 is 35.3 Å². The summed E-state index contributed by atoms with van der Waals surface area (Å²) < 4.78 is 6.49. The van der Waals surface area contributed by atoms with Crippen LogP contribution in [0.5, 0.6) is 0 Å². The fraction of sp³-hybridized carbons (Fsp3) is 0.600. The van der Waals surface area contributed by atoms with Crippen molar-refractivity contribution in [3.63, 3.8) is 0 Å². The standard InChI is InChI=1S/C20H31N5OS.HI/c1-3-21-18(24-15-20(9-6-10-20)11-14-26-2)22-12-13-23-19-25-16-7-4-5-8-17(16)27-19;/h4-5,7-8H,3,6,9-15H2,1-2H3,(H,23,25)(H2,21,22,24);1H. The minimum atomic E-state index is 0. The minimum absolute atomic E-state index is 0. The highest BCUT2D eigenvalue weighted by Gasteiger charge is 2.36. The highest BCUT2D eigenvalue weighted by Crippen LogP contribution is 2.44. The largest absolute Gasteiger partial charge is 0.385 e. The molecular weight excluding hydrogens is 485 g/mol. The van der Waals surface area contributed by atoms with Gasteiger partial charge in [0.15, 0.2) is 11.1 Å². The summed E-state index contributed by atoms with van der Waals surface area (Å²) >= 11 is 1.69. The molecule has 6 nitrogen and oxygen atoms in total. The minimum Gasteiger partial charge on any atom is -0.385 e. The molecule has 28 heavy (non-hydrogen) atoms. The van der Waals surface area contributed by atoms with Gasteiger partial charge in [0.25, 0.3) is 0 Å². The summed E-state index contributed by atoms with van der Waals surface area (Å²) in [4.78, 5) is 9.44. The van der Waals surface area contributed by atoms with Gasteiger partial charge in [0, 0.05) is 39.9 Å². The van der Waals surface area contributed by atoms with Crippen molar-refractivity contribution in [2.24, 2.45) is 10.4 Å². The summed E-state index contributed by atoms with van der Waals surface area (Å²) in [5.41, 5.74) is 1.40. The molecule has 1 heterocycles. The zero-order valence-corrected chi connectivity index (χ0v) is 19.9. The first-order valence-electron chi connectivity index (χ1n) is 9.85. The Labute approximate surface area is 189 Å². The van der Waals surface area contributed by atoms with Gasteiger partial charge in [-0.1, -0.05) is 29.9 Å². The van der Waals surface area contributed by atoms with Gasteiger partial charge in [-0.25, -0.2) is 4.98 Å². The van der Waals surface area contributed by atoms with Crippen LogP contribution in [0.25, 0.3) is 10.2 Å². The number of nitrogens with zero attached hydrogens (tertiary/aromatic N) is 2. The highest BCUT2D eigenvalue weighted by atomic mass is 127. The van der Waals surface area contributed by atoms with Gasteiger partial charge < -0.3 is 20.7 Å². The number of ether oxygens (including phenoxy) is 1. The second-order valence-corrected chi connectivity index (χ2v) is 8.16. The van der Waals surface area contributed by atoms with E-state index in [4.69, 9.17) is 9.73 Å². The number of aliphatic imine (C=N–C) groups is 1. The lowest BCUT2D eigenvalue weighted by Gasteiger charge is -2.40. The number of rotatable bonds is 10. The van der Waals surface area contributed by atoms with Crippen LogP contribution in [-0.4, -0.2) is 50.8 Å². The van der Waals surface area contributed by atoms with Crippen LogP contribution in [0.3, 0.4) is 0 Å². The predicted octanol–water partition coefficient (Wildman–Crippen LogP) is 4.09. The SMILES string of the molecule is CCNC(=NCC1(CCOC)CCC1)NCCNc1nc2ccccc2s1.I. The zero-order valence-electron chi connectivity index (χ0n) is 16.8. The van der Waals surface area contributed by atoms with Crippen LogP contribution in [0.1, 0.15) is 32.6 Å². The molecule has 0 saturated heterocycles. The van der Waals surface area contributed by atoms with Crippen molar-refractivity contribution in [1.29, 1.82) is 0 Å². The van der Waals surface area contributed by atoms with Gasteiger partial charge in [-0.15, -0.1) is 24.0 Å². The van der Waals surface area contributed by atoms with Crippen molar-refractivity contribution in [1.82, 2.24) is 15.6 Å². The summed E-state index contributed by atoms with van der Waals surface area (Å²) in [5.74, 6) is 0.896. The number of halogens is 1. The maximum absolute atomic E-state index is 5.28. The first-order valence-corrected chi connectivity index (χ1v) is 10.7. The van der Waals surface area contributed by atoms with Crippen LogP contribution in [0.15, 0.2) is 29.3 Å². The second-order valence-electron chi connectivity index (χ2n) is 7.13. The number of hydrogen-bond donors (Lipinski definition) is 3. The Hall–Kier alpha value is -1.13. The molecular formula is C20H32IN5OS. The maximum atomic E-state index is 5.28. The normalized spacial score (nSPS) is 15.6. The number of benzene rings is 1. The Balaban J connectivity index is 0.00000280. The molecule has 1 aliphatic carbocycles. The van der Waals surface area contributed by atoms with Gasteiger partial charge in [-0.05, 0) is 43.7 Å². The third-order valence-electron chi connectivity index (χ3n) is 5.16. The van der Waals surface area contributed by atoms with E-state index in [1.54, 1.807) is 18.4 Å². The average molecular weight is 517 g/mol.